The van der Waals surface area contributed by atoms with E-state index in [1.165, 1.54) is 24.1 Å². The van der Waals surface area contributed by atoms with E-state index < -0.39 is 28.5 Å². The number of carbonyl (C=O) groups is 2. The molecule has 4 rings (SSSR count). The molecule has 254 valence electrons. The number of carbonyl (C=O) groups excluding carboxylic acids is 2. The predicted octanol–water partition coefficient (Wildman–Crippen LogP) is 6.38. The van der Waals surface area contributed by atoms with Gasteiger partial charge < -0.3 is 19.7 Å². The molecule has 4 aromatic rings. The molecule has 0 unspecified atom stereocenters. The van der Waals surface area contributed by atoms with Gasteiger partial charge in [-0.1, -0.05) is 74.0 Å². The minimum Gasteiger partial charge on any atom is -0.497 e. The molecule has 0 aliphatic carbocycles. The van der Waals surface area contributed by atoms with Gasteiger partial charge in [-0.3, -0.25) is 13.9 Å². The number of rotatable bonds is 15. The lowest BCUT2D eigenvalue weighted by molar-refractivity contribution is -0.140. The summed E-state index contributed by atoms with van der Waals surface area (Å²) in [7, 11) is -1.22. The van der Waals surface area contributed by atoms with Gasteiger partial charge in [0.05, 0.1) is 29.3 Å². The van der Waals surface area contributed by atoms with E-state index in [9.17, 15) is 18.0 Å². The Morgan fingerprint density at radius 1 is 0.854 bits per heavy atom. The smallest absolute Gasteiger partial charge is 0.264 e. The van der Waals surface area contributed by atoms with E-state index in [1.54, 1.807) is 49.6 Å². The lowest BCUT2D eigenvalue weighted by Crippen LogP contribution is -2.53. The average Bonchev–Trinajstić information content (AvgIpc) is 3.08. The summed E-state index contributed by atoms with van der Waals surface area (Å²) in [5, 5.41) is 3.00. The first-order valence-corrected chi connectivity index (χ1v) is 17.8. The Kier molecular flexibility index (Phi) is 12.7. The van der Waals surface area contributed by atoms with Crippen molar-refractivity contribution in [3.8, 4) is 11.5 Å². The lowest BCUT2D eigenvalue weighted by atomic mass is 10.0. The van der Waals surface area contributed by atoms with E-state index in [0.717, 1.165) is 21.0 Å². The molecule has 0 aliphatic rings. The number of methoxy groups -OCH3 is 2. The first-order valence-electron chi connectivity index (χ1n) is 15.6. The number of sulfonamides is 1. The molecule has 0 fully saturated rings. The summed E-state index contributed by atoms with van der Waals surface area (Å²) in [4.78, 5) is 30.0. The van der Waals surface area contributed by atoms with E-state index in [4.69, 9.17) is 9.47 Å². The monoisotopic (exact) mass is 735 g/mol. The molecule has 4 aromatic carbocycles. The molecule has 1 atom stereocenters. The number of ether oxygens (including phenoxy) is 2. The fourth-order valence-corrected chi connectivity index (χ4v) is 7.25. The van der Waals surface area contributed by atoms with E-state index in [1.807, 2.05) is 63.2 Å². The number of halogens is 1. The third-order valence-corrected chi connectivity index (χ3v) is 10.1. The van der Waals surface area contributed by atoms with Crippen molar-refractivity contribution in [2.24, 2.45) is 5.92 Å². The normalized spacial score (nSPS) is 11.9. The minimum atomic E-state index is -4.27. The molecule has 48 heavy (non-hydrogen) atoms. The highest BCUT2D eigenvalue weighted by Crippen LogP contribution is 2.31. The predicted molar refractivity (Wildman–Crippen MR) is 192 cm³/mol. The molecular weight excluding hydrogens is 694 g/mol. The van der Waals surface area contributed by atoms with Crippen LogP contribution in [0.15, 0.2) is 106 Å². The van der Waals surface area contributed by atoms with Gasteiger partial charge in [0, 0.05) is 19.5 Å². The van der Waals surface area contributed by atoms with Crippen LogP contribution in [0.25, 0.3) is 0 Å². The highest BCUT2D eigenvalue weighted by atomic mass is 79.9. The highest BCUT2D eigenvalue weighted by molar-refractivity contribution is 9.10. The Hall–Kier alpha value is -4.35. The zero-order chi connectivity index (χ0) is 34.8. The van der Waals surface area contributed by atoms with Crippen LogP contribution in [0.3, 0.4) is 0 Å². The summed E-state index contributed by atoms with van der Waals surface area (Å²) in [6.45, 7) is 5.79. The summed E-state index contributed by atoms with van der Waals surface area (Å²) in [5.74, 6) is 0.368. The third kappa shape index (κ3) is 9.38. The molecule has 0 saturated heterocycles. The molecule has 0 heterocycles. The van der Waals surface area contributed by atoms with Crippen molar-refractivity contribution in [2.75, 3.05) is 31.6 Å². The maximum Gasteiger partial charge on any atom is 0.264 e. The molecule has 11 heteroatoms. The topological polar surface area (TPSA) is 105 Å². The summed E-state index contributed by atoms with van der Waals surface area (Å²) in [6.07, 6.45) is 0.225. The second-order valence-electron chi connectivity index (χ2n) is 11.9. The SMILES string of the molecule is COc1cccc(CN(C(=O)CN(c2ccc(C)cc2)S(=O)(=O)c2ccc(OC)c(Br)c2)[C@@H](Cc2ccccc2)C(=O)NCC(C)C)c1. The maximum absolute atomic E-state index is 14.7. The Bertz CT molecular complexity index is 1800. The van der Waals surface area contributed by atoms with Crippen LogP contribution in [-0.4, -0.2) is 58.5 Å². The van der Waals surface area contributed by atoms with Gasteiger partial charge in [-0.05, 0) is 82.4 Å². The van der Waals surface area contributed by atoms with E-state index in [-0.39, 0.29) is 29.7 Å². The second-order valence-corrected chi connectivity index (χ2v) is 14.6. The number of amides is 2. The van der Waals surface area contributed by atoms with Crippen molar-refractivity contribution in [1.29, 1.82) is 0 Å². The molecule has 0 aromatic heterocycles. The van der Waals surface area contributed by atoms with Gasteiger partial charge in [-0.2, -0.15) is 0 Å². The van der Waals surface area contributed by atoms with Gasteiger partial charge in [-0.25, -0.2) is 8.42 Å². The number of hydrogen-bond donors (Lipinski definition) is 1. The summed E-state index contributed by atoms with van der Waals surface area (Å²) < 4.78 is 41.0. The van der Waals surface area contributed by atoms with Gasteiger partial charge in [0.2, 0.25) is 11.8 Å². The highest BCUT2D eigenvalue weighted by Gasteiger charge is 2.35. The molecule has 1 N–H and O–H groups in total. The van der Waals surface area contributed by atoms with E-state index in [0.29, 0.717) is 28.2 Å². The number of nitrogens with zero attached hydrogens (tertiary/aromatic N) is 2. The average molecular weight is 737 g/mol. The van der Waals surface area contributed by atoms with Crippen LogP contribution < -0.4 is 19.1 Å². The Morgan fingerprint density at radius 3 is 2.17 bits per heavy atom. The molecule has 0 spiro atoms. The maximum atomic E-state index is 14.7. The van der Waals surface area contributed by atoms with Gasteiger partial charge in [-0.15, -0.1) is 0 Å². The molecular formula is C37H42BrN3O6S. The summed E-state index contributed by atoms with van der Waals surface area (Å²) in [6, 6.07) is 27.1. The Morgan fingerprint density at radius 2 is 1.54 bits per heavy atom. The van der Waals surface area contributed by atoms with Crippen LogP contribution in [0.5, 0.6) is 11.5 Å². The van der Waals surface area contributed by atoms with Crippen LogP contribution in [0.1, 0.15) is 30.5 Å². The van der Waals surface area contributed by atoms with Crippen molar-refractivity contribution in [2.45, 2.75) is 44.7 Å². The molecule has 0 radical (unpaired) electrons. The Balaban J connectivity index is 1.82. The second kappa shape index (κ2) is 16.7. The number of hydrogen-bond acceptors (Lipinski definition) is 6. The van der Waals surface area contributed by atoms with Crippen molar-refractivity contribution in [1.82, 2.24) is 10.2 Å². The summed E-state index contributed by atoms with van der Waals surface area (Å²) >= 11 is 3.39. The number of nitrogens with one attached hydrogen (secondary N) is 1. The van der Waals surface area contributed by atoms with E-state index >= 15 is 0 Å². The van der Waals surface area contributed by atoms with Crippen molar-refractivity contribution in [3.63, 3.8) is 0 Å². The van der Waals surface area contributed by atoms with Gasteiger partial charge >= 0.3 is 0 Å². The van der Waals surface area contributed by atoms with Crippen LogP contribution in [0.2, 0.25) is 0 Å². The third-order valence-electron chi connectivity index (χ3n) is 7.75. The molecule has 2 amide bonds. The number of aryl methyl sites for hydroxylation is 1. The first kappa shape index (κ1) is 36.5. The van der Waals surface area contributed by atoms with Gasteiger partial charge in [0.1, 0.15) is 24.1 Å². The molecule has 0 aliphatic heterocycles. The zero-order valence-electron chi connectivity index (χ0n) is 27.9. The molecule has 0 saturated carbocycles. The fourth-order valence-electron chi connectivity index (χ4n) is 5.12. The fraction of sp³-hybridized carbons (Fsp3) is 0.297. The summed E-state index contributed by atoms with van der Waals surface area (Å²) in [5.41, 5.74) is 2.82. The standard InChI is InChI=1S/C37H42BrN3O6S/c1-26(2)23-39-37(43)34(21-28-10-7-6-8-11-28)40(24-29-12-9-13-31(20-29)46-4)36(42)25-41(30-16-14-27(3)15-17-30)48(44,45)32-18-19-35(47-5)33(38)22-32/h6-20,22,26,34H,21,23-25H2,1-5H3,(H,39,43)/t34-/m0/s1. The van der Waals surface area contributed by atoms with Crippen LogP contribution >= 0.6 is 15.9 Å². The quantitative estimate of drug-likeness (QED) is 0.152. The zero-order valence-corrected chi connectivity index (χ0v) is 30.3. The Labute approximate surface area is 292 Å². The van der Waals surface area contributed by atoms with Crippen LogP contribution in [0, 0.1) is 12.8 Å². The lowest BCUT2D eigenvalue weighted by Gasteiger charge is -2.34. The van der Waals surface area contributed by atoms with Crippen LogP contribution in [0.4, 0.5) is 5.69 Å². The molecule has 0 bridgehead atoms. The van der Waals surface area contributed by atoms with Crippen LogP contribution in [-0.2, 0) is 32.6 Å². The number of benzene rings is 4. The molecule has 9 nitrogen and oxygen atoms in total. The van der Waals surface area contributed by atoms with Crippen molar-refractivity contribution < 1.29 is 27.5 Å². The van der Waals surface area contributed by atoms with Gasteiger partial charge in [0.25, 0.3) is 10.0 Å². The van der Waals surface area contributed by atoms with E-state index in [2.05, 4.69) is 21.2 Å². The van der Waals surface area contributed by atoms with Crippen molar-refractivity contribution >= 4 is 43.5 Å². The van der Waals surface area contributed by atoms with Crippen molar-refractivity contribution in [3.05, 3.63) is 118 Å². The first-order chi connectivity index (χ1) is 22.9. The minimum absolute atomic E-state index is 0.0293. The largest absolute Gasteiger partial charge is 0.497 e. The van der Waals surface area contributed by atoms with Gasteiger partial charge in [0.15, 0.2) is 0 Å². The number of anilines is 1.